The number of allylic oxidation sites excluding steroid dienone is 1. The van der Waals surface area contributed by atoms with Gasteiger partial charge in [-0.2, -0.15) is 15.8 Å². The summed E-state index contributed by atoms with van der Waals surface area (Å²) in [6, 6.07) is 19.4. The Balaban J connectivity index is 2.57. The number of hydrogen-bond acceptors (Lipinski definition) is 7. The molecule has 0 spiro atoms. The minimum absolute atomic E-state index is 0.187. The van der Waals surface area contributed by atoms with Gasteiger partial charge in [-0.25, -0.2) is 0 Å². The van der Waals surface area contributed by atoms with E-state index in [2.05, 4.69) is 10.2 Å². The molecule has 0 aromatic heterocycles. The number of nitriles is 3. The van der Waals surface area contributed by atoms with Gasteiger partial charge in [-0.05, 0) is 12.1 Å². The molecule has 0 fully saturated rings. The van der Waals surface area contributed by atoms with Gasteiger partial charge in [-0.15, -0.1) is 10.2 Å². The number of benzene rings is 2. The van der Waals surface area contributed by atoms with Crippen molar-refractivity contribution in [3.05, 3.63) is 71.4 Å². The van der Waals surface area contributed by atoms with E-state index in [-0.39, 0.29) is 16.8 Å². The number of nitrogens with zero attached hydrogens (tertiary/aromatic N) is 5. The molecule has 0 aliphatic carbocycles. The van der Waals surface area contributed by atoms with Crippen molar-refractivity contribution in [2.24, 2.45) is 16.1 Å². The Kier molecular flexibility index (Phi) is 5.93. The molecule has 0 unspecified atom stereocenters. The summed E-state index contributed by atoms with van der Waals surface area (Å²) >= 11 is 0. The van der Waals surface area contributed by atoms with Crippen LogP contribution in [0, 0.1) is 39.9 Å². The number of Topliss-reactive ketones (excluding diaryl/α,β-unsaturated/α-hetero) is 1. The first-order valence-corrected chi connectivity index (χ1v) is 7.35. The molecule has 7 heteroatoms. The zero-order valence-electron chi connectivity index (χ0n) is 13.4. The van der Waals surface area contributed by atoms with Crippen LogP contribution in [0.5, 0.6) is 0 Å². The molecule has 0 aliphatic rings. The highest BCUT2D eigenvalue weighted by atomic mass is 16.3. The number of aliphatic hydroxyl groups excluding tert-OH is 1. The normalized spacial score (nSPS) is 11.3. The molecule has 0 saturated carbocycles. The van der Waals surface area contributed by atoms with Gasteiger partial charge in [0, 0.05) is 5.56 Å². The molecule has 2 aromatic rings. The lowest BCUT2D eigenvalue weighted by Crippen LogP contribution is -2.13. The summed E-state index contributed by atoms with van der Waals surface area (Å²) in [5, 5.41) is 45.0. The molecule has 0 amide bonds. The summed E-state index contributed by atoms with van der Waals surface area (Å²) in [4.78, 5) is 12.4. The fraction of sp³-hybridized carbons (Fsp3) is 0.0526. The Bertz CT molecular complexity index is 991. The number of rotatable bonds is 5. The third kappa shape index (κ3) is 3.97. The Hall–Kier alpha value is -4.28. The minimum Gasteiger partial charge on any atom is -0.505 e. The monoisotopic (exact) mass is 341 g/mol. The van der Waals surface area contributed by atoms with Crippen LogP contribution in [-0.4, -0.2) is 10.9 Å². The quantitative estimate of drug-likeness (QED) is 0.501. The van der Waals surface area contributed by atoms with Crippen LogP contribution < -0.4 is 0 Å². The highest BCUT2D eigenvalue weighted by Gasteiger charge is 2.26. The van der Waals surface area contributed by atoms with E-state index in [4.69, 9.17) is 15.8 Å². The summed E-state index contributed by atoms with van der Waals surface area (Å²) in [6.45, 7) is 0. The SMILES string of the molecule is N#Cc1ccccc1N=N/C(C(=O)C(C#N)C#N)=C(\O)c1ccccc1. The van der Waals surface area contributed by atoms with Crippen LogP contribution in [0.2, 0.25) is 0 Å². The van der Waals surface area contributed by atoms with E-state index in [0.29, 0.717) is 0 Å². The molecule has 0 bridgehead atoms. The number of hydrogen-bond donors (Lipinski definition) is 1. The number of azo groups is 1. The second-order valence-electron chi connectivity index (χ2n) is 4.95. The van der Waals surface area contributed by atoms with Gasteiger partial charge in [0.1, 0.15) is 11.8 Å². The minimum atomic E-state index is -1.64. The van der Waals surface area contributed by atoms with Gasteiger partial charge in [-0.1, -0.05) is 42.5 Å². The van der Waals surface area contributed by atoms with Gasteiger partial charge >= 0.3 is 0 Å². The molecule has 26 heavy (non-hydrogen) atoms. The fourth-order valence-corrected chi connectivity index (χ4v) is 1.99. The zero-order valence-corrected chi connectivity index (χ0v) is 13.4. The Labute approximate surface area is 149 Å². The Morgan fingerprint density at radius 2 is 1.58 bits per heavy atom. The molecule has 0 heterocycles. The van der Waals surface area contributed by atoms with E-state index in [9.17, 15) is 9.90 Å². The zero-order chi connectivity index (χ0) is 18.9. The van der Waals surface area contributed by atoms with Crippen molar-refractivity contribution in [3.8, 4) is 18.2 Å². The van der Waals surface area contributed by atoms with E-state index in [0.717, 1.165) is 0 Å². The average Bonchev–Trinajstić information content (AvgIpc) is 2.70. The number of carbonyl (C=O) groups excluding carboxylic acids is 1. The lowest BCUT2D eigenvalue weighted by atomic mass is 10.0. The molecule has 124 valence electrons. The maximum atomic E-state index is 12.4. The van der Waals surface area contributed by atoms with E-state index in [1.54, 1.807) is 42.5 Å². The summed E-state index contributed by atoms with van der Waals surface area (Å²) < 4.78 is 0. The number of aliphatic hydroxyl groups is 1. The van der Waals surface area contributed by atoms with Crippen molar-refractivity contribution in [1.29, 1.82) is 15.8 Å². The van der Waals surface area contributed by atoms with Gasteiger partial charge in [0.2, 0.25) is 5.78 Å². The van der Waals surface area contributed by atoms with Crippen molar-refractivity contribution >= 4 is 17.2 Å². The second kappa shape index (κ2) is 8.54. The number of ketones is 1. The van der Waals surface area contributed by atoms with E-state index in [1.165, 1.54) is 24.3 Å². The first kappa shape index (κ1) is 18.1. The van der Waals surface area contributed by atoms with Gasteiger partial charge in [0.05, 0.1) is 17.7 Å². The third-order valence-corrected chi connectivity index (χ3v) is 3.31. The predicted octanol–water partition coefficient (Wildman–Crippen LogP) is 3.80. The maximum absolute atomic E-state index is 12.4. The van der Waals surface area contributed by atoms with Crippen LogP contribution >= 0.6 is 0 Å². The van der Waals surface area contributed by atoms with Gasteiger partial charge in [0.15, 0.2) is 17.4 Å². The van der Waals surface area contributed by atoms with E-state index in [1.807, 2.05) is 6.07 Å². The van der Waals surface area contributed by atoms with Crippen LogP contribution in [0.25, 0.3) is 5.76 Å². The maximum Gasteiger partial charge on any atom is 0.218 e. The number of carbonyl (C=O) groups is 1. The van der Waals surface area contributed by atoms with Crippen molar-refractivity contribution in [1.82, 2.24) is 0 Å². The van der Waals surface area contributed by atoms with Crippen molar-refractivity contribution < 1.29 is 9.90 Å². The first-order chi connectivity index (χ1) is 12.6. The smallest absolute Gasteiger partial charge is 0.218 e. The van der Waals surface area contributed by atoms with Gasteiger partial charge in [0.25, 0.3) is 0 Å². The molecule has 0 aliphatic heterocycles. The second-order valence-corrected chi connectivity index (χ2v) is 4.95. The molecule has 2 rings (SSSR count). The molecule has 7 nitrogen and oxygen atoms in total. The van der Waals surface area contributed by atoms with Crippen molar-refractivity contribution in [2.45, 2.75) is 0 Å². The van der Waals surface area contributed by atoms with Crippen LogP contribution in [0.1, 0.15) is 11.1 Å². The lowest BCUT2D eigenvalue weighted by molar-refractivity contribution is -0.116. The predicted molar refractivity (Wildman–Crippen MR) is 91.4 cm³/mol. The molecule has 0 atom stereocenters. The van der Waals surface area contributed by atoms with Crippen molar-refractivity contribution in [3.63, 3.8) is 0 Å². The molecule has 0 radical (unpaired) electrons. The topological polar surface area (TPSA) is 133 Å². The van der Waals surface area contributed by atoms with Gasteiger partial charge in [-0.3, -0.25) is 4.79 Å². The van der Waals surface area contributed by atoms with Crippen LogP contribution in [0.15, 0.2) is 70.5 Å². The molecule has 2 aromatic carbocycles. The standard InChI is InChI=1S/C19H11N5O2/c20-10-14-8-4-5-9-16(14)23-24-17(19(26)15(11-21)12-22)18(25)13-6-2-1-3-7-13/h1-9,15,25H/b18-17-,24-23?. The summed E-state index contributed by atoms with van der Waals surface area (Å²) in [5.74, 6) is -3.13. The molecule has 1 N–H and O–H groups in total. The van der Waals surface area contributed by atoms with Crippen LogP contribution in [0.3, 0.4) is 0 Å². The van der Waals surface area contributed by atoms with E-state index < -0.39 is 23.2 Å². The largest absolute Gasteiger partial charge is 0.505 e. The lowest BCUT2D eigenvalue weighted by Gasteiger charge is -2.06. The molecular formula is C19H11N5O2. The highest BCUT2D eigenvalue weighted by Crippen LogP contribution is 2.24. The first-order valence-electron chi connectivity index (χ1n) is 7.35. The highest BCUT2D eigenvalue weighted by molar-refractivity contribution is 6.04. The fourth-order valence-electron chi connectivity index (χ4n) is 1.99. The van der Waals surface area contributed by atoms with Crippen molar-refractivity contribution in [2.75, 3.05) is 0 Å². The average molecular weight is 341 g/mol. The summed E-state index contributed by atoms with van der Waals surface area (Å²) in [5.41, 5.74) is 0.154. The summed E-state index contributed by atoms with van der Waals surface area (Å²) in [6.07, 6.45) is 0. The van der Waals surface area contributed by atoms with Gasteiger partial charge < -0.3 is 5.11 Å². The molecule has 0 saturated heterocycles. The van der Waals surface area contributed by atoms with Crippen LogP contribution in [0.4, 0.5) is 5.69 Å². The van der Waals surface area contributed by atoms with Crippen LogP contribution in [-0.2, 0) is 4.79 Å². The Morgan fingerprint density at radius 3 is 2.19 bits per heavy atom. The summed E-state index contributed by atoms with van der Waals surface area (Å²) in [7, 11) is 0. The molecular weight excluding hydrogens is 330 g/mol. The van der Waals surface area contributed by atoms with E-state index >= 15 is 0 Å². The Morgan fingerprint density at radius 1 is 0.962 bits per heavy atom. The third-order valence-electron chi connectivity index (χ3n) is 3.31.